The molecule has 0 saturated heterocycles. The van der Waals surface area contributed by atoms with Crippen LogP contribution in [-0.4, -0.2) is 48.2 Å². The van der Waals surface area contributed by atoms with Crippen molar-refractivity contribution in [2.45, 2.75) is 31.2 Å². The number of aliphatic imine (C=N–C) groups is 1. The lowest BCUT2D eigenvalue weighted by Gasteiger charge is -2.47. The molecule has 0 aromatic carbocycles. The molecule has 0 unspecified atom stereocenters. The zero-order chi connectivity index (χ0) is 11.6. The van der Waals surface area contributed by atoms with Crippen LogP contribution in [0.2, 0.25) is 0 Å². The van der Waals surface area contributed by atoms with Gasteiger partial charge in [-0.3, -0.25) is 9.79 Å². The van der Waals surface area contributed by atoms with E-state index in [0.717, 1.165) is 44.6 Å². The van der Waals surface area contributed by atoms with Crippen molar-refractivity contribution in [3.63, 3.8) is 0 Å². The van der Waals surface area contributed by atoms with Gasteiger partial charge >= 0.3 is 0 Å². The molecule has 0 aromatic rings. The lowest BCUT2D eigenvalue weighted by molar-refractivity contribution is -0.120. The Labute approximate surface area is 113 Å². The highest BCUT2D eigenvalue weighted by Gasteiger charge is 2.45. The molecule has 0 spiro atoms. The van der Waals surface area contributed by atoms with Gasteiger partial charge in [0, 0.05) is 20.1 Å². The first kappa shape index (κ1) is 14.6. The molecule has 1 aliphatic heterocycles. The van der Waals surface area contributed by atoms with Crippen LogP contribution >= 0.6 is 24.0 Å². The van der Waals surface area contributed by atoms with Crippen LogP contribution in [0, 0.1) is 0 Å². The Morgan fingerprint density at radius 2 is 2.24 bits per heavy atom. The summed E-state index contributed by atoms with van der Waals surface area (Å²) in [6, 6.07) is 0. The molecular formula is C11H19Cl2N3O. The number of nitrogens with one attached hydrogen (secondary N) is 1. The summed E-state index contributed by atoms with van der Waals surface area (Å²) < 4.78 is 0. The summed E-state index contributed by atoms with van der Waals surface area (Å²) in [7, 11) is 2.05. The second kappa shape index (κ2) is 5.91. The van der Waals surface area contributed by atoms with Crippen LogP contribution in [0.3, 0.4) is 0 Å². The number of halogens is 2. The number of rotatable bonds is 3. The zero-order valence-electron chi connectivity index (χ0n) is 10.0. The molecule has 17 heavy (non-hydrogen) atoms. The van der Waals surface area contributed by atoms with Gasteiger partial charge < -0.3 is 10.2 Å². The smallest absolute Gasteiger partial charge is 0.235 e. The van der Waals surface area contributed by atoms with Crippen LogP contribution < -0.4 is 5.32 Å². The maximum atomic E-state index is 11.5. The molecule has 1 aliphatic carbocycles. The van der Waals surface area contributed by atoms with Gasteiger partial charge in [0.25, 0.3) is 0 Å². The number of amidine groups is 1. The van der Waals surface area contributed by atoms with E-state index in [1.165, 1.54) is 0 Å². The third-order valence-corrected chi connectivity index (χ3v) is 3.65. The molecular weight excluding hydrogens is 261 g/mol. The molecule has 98 valence electrons. The highest BCUT2D eigenvalue weighted by molar-refractivity contribution is 6.27. The van der Waals surface area contributed by atoms with Crippen LogP contribution in [0.1, 0.15) is 25.7 Å². The summed E-state index contributed by atoms with van der Waals surface area (Å²) >= 11 is 5.55. The van der Waals surface area contributed by atoms with E-state index in [1.807, 2.05) is 7.05 Å². The maximum Gasteiger partial charge on any atom is 0.235 e. The molecule has 1 heterocycles. The second-order valence-corrected chi connectivity index (χ2v) is 4.87. The van der Waals surface area contributed by atoms with Gasteiger partial charge in [0.15, 0.2) is 0 Å². The third-order valence-electron chi connectivity index (χ3n) is 3.41. The Balaban J connectivity index is 0.00000144. The molecule has 1 amide bonds. The number of carbonyl (C=O) groups excluding carboxylic acids is 1. The number of nitrogens with zero attached hydrogens (tertiary/aromatic N) is 2. The van der Waals surface area contributed by atoms with Gasteiger partial charge in [-0.15, -0.1) is 24.0 Å². The quantitative estimate of drug-likeness (QED) is 0.795. The molecule has 2 rings (SSSR count). The van der Waals surface area contributed by atoms with Gasteiger partial charge in [-0.05, 0) is 25.7 Å². The van der Waals surface area contributed by atoms with Crippen molar-refractivity contribution < 1.29 is 4.79 Å². The van der Waals surface area contributed by atoms with E-state index in [9.17, 15) is 4.79 Å². The zero-order valence-corrected chi connectivity index (χ0v) is 11.6. The summed E-state index contributed by atoms with van der Waals surface area (Å²) in [5.74, 6) is 0.977. The first-order valence-corrected chi connectivity index (χ1v) is 6.34. The van der Waals surface area contributed by atoms with E-state index in [-0.39, 0.29) is 29.7 Å². The number of hydrogen-bond donors (Lipinski definition) is 1. The Kier molecular flexibility index (Phi) is 5.07. The second-order valence-electron chi connectivity index (χ2n) is 4.60. The summed E-state index contributed by atoms with van der Waals surface area (Å²) in [6.07, 6.45) is 4.21. The maximum absolute atomic E-state index is 11.5. The third kappa shape index (κ3) is 2.86. The van der Waals surface area contributed by atoms with Crippen molar-refractivity contribution in [2.75, 3.05) is 26.0 Å². The highest BCUT2D eigenvalue weighted by atomic mass is 35.5. The molecule has 0 atom stereocenters. The van der Waals surface area contributed by atoms with Crippen LogP contribution in [-0.2, 0) is 4.79 Å². The van der Waals surface area contributed by atoms with E-state index in [0.29, 0.717) is 0 Å². The van der Waals surface area contributed by atoms with Crippen LogP contribution in [0.4, 0.5) is 0 Å². The first-order chi connectivity index (χ1) is 7.68. The molecule has 0 bridgehead atoms. The molecule has 6 heteroatoms. The van der Waals surface area contributed by atoms with E-state index in [2.05, 4.69) is 15.2 Å². The number of amides is 1. The minimum atomic E-state index is -0.221. The van der Waals surface area contributed by atoms with Gasteiger partial charge in [0.1, 0.15) is 11.7 Å². The molecule has 4 nitrogen and oxygen atoms in total. The predicted octanol–water partition coefficient (Wildman–Crippen LogP) is 1.42. The monoisotopic (exact) mass is 279 g/mol. The SMILES string of the molecule is CN1CCCN=C1C1(NC(=O)CCl)CCC1.Cl. The van der Waals surface area contributed by atoms with Crippen molar-refractivity contribution in [1.29, 1.82) is 0 Å². The van der Waals surface area contributed by atoms with Crippen molar-refractivity contribution in [2.24, 2.45) is 4.99 Å². The van der Waals surface area contributed by atoms with Crippen molar-refractivity contribution in [3.8, 4) is 0 Å². The van der Waals surface area contributed by atoms with Gasteiger partial charge in [0.2, 0.25) is 5.91 Å². The fourth-order valence-electron chi connectivity index (χ4n) is 2.47. The van der Waals surface area contributed by atoms with E-state index in [4.69, 9.17) is 11.6 Å². The molecule has 1 fully saturated rings. The minimum absolute atomic E-state index is 0. The normalized spacial score (nSPS) is 22.0. The lowest BCUT2D eigenvalue weighted by Crippen LogP contribution is -2.64. The minimum Gasteiger partial charge on any atom is -0.361 e. The summed E-state index contributed by atoms with van der Waals surface area (Å²) in [6.45, 7) is 1.90. The summed E-state index contributed by atoms with van der Waals surface area (Å²) in [5, 5.41) is 3.04. The summed E-state index contributed by atoms with van der Waals surface area (Å²) in [4.78, 5) is 18.2. The molecule has 2 aliphatic rings. The predicted molar refractivity (Wildman–Crippen MR) is 72.2 cm³/mol. The first-order valence-electron chi connectivity index (χ1n) is 5.81. The van der Waals surface area contributed by atoms with Crippen LogP contribution in [0.25, 0.3) is 0 Å². The topological polar surface area (TPSA) is 44.7 Å². The number of carbonyl (C=O) groups is 1. The number of hydrogen-bond acceptors (Lipinski definition) is 3. The lowest BCUT2D eigenvalue weighted by atomic mass is 9.74. The Morgan fingerprint density at radius 3 is 2.71 bits per heavy atom. The Hall–Kier alpha value is -0.480. The van der Waals surface area contributed by atoms with Gasteiger partial charge in [-0.25, -0.2) is 0 Å². The van der Waals surface area contributed by atoms with Crippen molar-refractivity contribution in [1.82, 2.24) is 10.2 Å². The van der Waals surface area contributed by atoms with Crippen molar-refractivity contribution >= 4 is 35.8 Å². The van der Waals surface area contributed by atoms with E-state index in [1.54, 1.807) is 0 Å². The van der Waals surface area contributed by atoms with E-state index >= 15 is 0 Å². The molecule has 1 saturated carbocycles. The summed E-state index contributed by atoms with van der Waals surface area (Å²) in [5.41, 5.74) is -0.221. The molecule has 0 radical (unpaired) electrons. The Morgan fingerprint density at radius 1 is 1.53 bits per heavy atom. The fraction of sp³-hybridized carbons (Fsp3) is 0.818. The Bertz CT molecular complexity index is 316. The highest BCUT2D eigenvalue weighted by Crippen LogP contribution is 2.35. The van der Waals surface area contributed by atoms with Gasteiger partial charge in [-0.1, -0.05) is 0 Å². The standard InChI is InChI=1S/C11H18ClN3O.ClH/c1-15-7-3-6-13-10(15)11(4-2-5-11)14-9(16)8-12;/h2-8H2,1H3,(H,14,16);1H. The van der Waals surface area contributed by atoms with E-state index < -0.39 is 0 Å². The number of alkyl halides is 1. The molecule has 0 aromatic heterocycles. The molecule has 1 N–H and O–H groups in total. The number of likely N-dealkylation sites (N-methyl/N-ethyl adjacent to an activating group) is 1. The largest absolute Gasteiger partial charge is 0.361 e. The van der Waals surface area contributed by atoms with Crippen molar-refractivity contribution in [3.05, 3.63) is 0 Å². The van der Waals surface area contributed by atoms with Gasteiger partial charge in [0.05, 0.1) is 5.54 Å². The van der Waals surface area contributed by atoms with Gasteiger partial charge in [-0.2, -0.15) is 0 Å². The average molecular weight is 280 g/mol. The fourth-order valence-corrected chi connectivity index (χ4v) is 2.54. The average Bonchev–Trinajstić information content (AvgIpc) is 2.24. The van der Waals surface area contributed by atoms with Crippen LogP contribution in [0.5, 0.6) is 0 Å². The van der Waals surface area contributed by atoms with Crippen LogP contribution in [0.15, 0.2) is 4.99 Å².